The lowest BCUT2D eigenvalue weighted by Gasteiger charge is -2.08. The quantitative estimate of drug-likeness (QED) is 0.553. The summed E-state index contributed by atoms with van der Waals surface area (Å²) in [4.78, 5) is 0. The summed E-state index contributed by atoms with van der Waals surface area (Å²) in [6.45, 7) is 5.89. The molecule has 1 aromatic carbocycles. The van der Waals surface area contributed by atoms with E-state index < -0.39 is 0 Å². The number of halogens is 1. The highest BCUT2D eigenvalue weighted by atomic mass is 19.1. The molecule has 0 heterocycles. The van der Waals surface area contributed by atoms with Gasteiger partial charge in [-0.25, -0.2) is 4.39 Å². The fourth-order valence-corrected chi connectivity index (χ4v) is 1.03. The zero-order valence-corrected chi connectivity index (χ0v) is 7.60. The third kappa shape index (κ3) is 2.21. The van der Waals surface area contributed by atoms with Crippen LogP contribution in [0.3, 0.4) is 0 Å². The average molecular weight is 180 g/mol. The van der Waals surface area contributed by atoms with Crippen LogP contribution in [0.2, 0.25) is 0 Å². The van der Waals surface area contributed by atoms with Crippen LogP contribution in [-0.4, -0.2) is 6.54 Å². The second kappa shape index (κ2) is 3.94. The summed E-state index contributed by atoms with van der Waals surface area (Å²) in [6, 6.07) is 3.01. The standard InChI is InChI=1S/C10H13FN2/c1-3-4-13-10-5-7(2)8(11)6-9(10)12/h3,5-6,13H,1,4,12H2,2H3. The first kappa shape index (κ1) is 9.58. The van der Waals surface area contributed by atoms with Crippen molar-refractivity contribution < 1.29 is 4.39 Å². The van der Waals surface area contributed by atoms with E-state index in [2.05, 4.69) is 11.9 Å². The zero-order valence-electron chi connectivity index (χ0n) is 7.60. The Bertz CT molecular complexity index is 321. The van der Waals surface area contributed by atoms with Crippen LogP contribution in [0, 0.1) is 12.7 Å². The highest BCUT2D eigenvalue weighted by Crippen LogP contribution is 2.21. The molecule has 2 nitrogen and oxygen atoms in total. The molecule has 13 heavy (non-hydrogen) atoms. The van der Waals surface area contributed by atoms with Crippen LogP contribution < -0.4 is 11.1 Å². The molecular weight excluding hydrogens is 167 g/mol. The number of hydrogen-bond acceptors (Lipinski definition) is 2. The minimum Gasteiger partial charge on any atom is -0.397 e. The number of nitrogens with one attached hydrogen (secondary N) is 1. The van der Waals surface area contributed by atoms with Gasteiger partial charge in [0.1, 0.15) is 5.82 Å². The molecule has 70 valence electrons. The van der Waals surface area contributed by atoms with Crippen LogP contribution in [0.5, 0.6) is 0 Å². The Morgan fingerprint density at radius 2 is 2.31 bits per heavy atom. The summed E-state index contributed by atoms with van der Waals surface area (Å²) in [6.07, 6.45) is 1.72. The fraction of sp³-hybridized carbons (Fsp3) is 0.200. The first-order valence-electron chi connectivity index (χ1n) is 4.05. The molecule has 0 saturated heterocycles. The third-order valence-electron chi connectivity index (χ3n) is 1.77. The van der Waals surface area contributed by atoms with Crippen molar-refractivity contribution in [2.24, 2.45) is 0 Å². The molecule has 0 aliphatic carbocycles. The van der Waals surface area contributed by atoms with E-state index in [9.17, 15) is 4.39 Å². The van der Waals surface area contributed by atoms with E-state index in [0.717, 1.165) is 5.69 Å². The van der Waals surface area contributed by atoms with Gasteiger partial charge in [-0.1, -0.05) is 6.08 Å². The first-order chi connectivity index (χ1) is 6.15. The SMILES string of the molecule is C=CCNc1cc(C)c(F)cc1N. The van der Waals surface area contributed by atoms with Gasteiger partial charge in [0.25, 0.3) is 0 Å². The van der Waals surface area contributed by atoms with Gasteiger partial charge in [-0.05, 0) is 24.6 Å². The monoisotopic (exact) mass is 180 g/mol. The van der Waals surface area contributed by atoms with E-state index in [1.165, 1.54) is 6.07 Å². The first-order valence-corrected chi connectivity index (χ1v) is 4.05. The maximum absolute atomic E-state index is 13.0. The van der Waals surface area contributed by atoms with Crippen LogP contribution in [0.15, 0.2) is 24.8 Å². The van der Waals surface area contributed by atoms with Crippen molar-refractivity contribution >= 4 is 11.4 Å². The molecule has 1 aromatic rings. The second-order valence-electron chi connectivity index (χ2n) is 2.86. The van der Waals surface area contributed by atoms with Gasteiger partial charge >= 0.3 is 0 Å². The Hall–Kier alpha value is -1.51. The maximum atomic E-state index is 13.0. The molecule has 3 heteroatoms. The summed E-state index contributed by atoms with van der Waals surface area (Å²) in [7, 11) is 0. The van der Waals surface area contributed by atoms with Gasteiger partial charge in [-0.3, -0.25) is 0 Å². The van der Waals surface area contributed by atoms with Crippen LogP contribution in [0.4, 0.5) is 15.8 Å². The number of benzene rings is 1. The number of nitrogens with two attached hydrogens (primary N) is 1. The van der Waals surface area contributed by atoms with Gasteiger partial charge in [0.2, 0.25) is 0 Å². The van der Waals surface area contributed by atoms with Crippen LogP contribution >= 0.6 is 0 Å². The predicted molar refractivity (Wildman–Crippen MR) is 54.2 cm³/mol. The van der Waals surface area contributed by atoms with Crippen molar-refractivity contribution in [1.82, 2.24) is 0 Å². The molecule has 0 bridgehead atoms. The van der Waals surface area contributed by atoms with Crippen LogP contribution in [0.1, 0.15) is 5.56 Å². The van der Waals surface area contributed by atoms with Crippen molar-refractivity contribution in [2.45, 2.75) is 6.92 Å². The fourth-order valence-electron chi connectivity index (χ4n) is 1.03. The molecule has 0 radical (unpaired) electrons. The van der Waals surface area contributed by atoms with Gasteiger partial charge < -0.3 is 11.1 Å². The Morgan fingerprint density at radius 1 is 1.62 bits per heavy atom. The molecule has 0 aliphatic heterocycles. The van der Waals surface area contributed by atoms with Crippen molar-refractivity contribution in [3.63, 3.8) is 0 Å². The lowest BCUT2D eigenvalue weighted by Crippen LogP contribution is -2.02. The molecule has 0 aliphatic rings. The summed E-state index contributed by atoms with van der Waals surface area (Å²) in [5.74, 6) is -0.276. The molecule has 0 amide bonds. The topological polar surface area (TPSA) is 38.0 Å². The lowest BCUT2D eigenvalue weighted by molar-refractivity contribution is 0.619. The van der Waals surface area contributed by atoms with Crippen molar-refractivity contribution in [3.8, 4) is 0 Å². The Balaban J connectivity index is 2.94. The minimum absolute atomic E-state index is 0.276. The minimum atomic E-state index is -0.276. The van der Waals surface area contributed by atoms with E-state index in [-0.39, 0.29) is 5.82 Å². The molecule has 0 atom stereocenters. The Labute approximate surface area is 77.3 Å². The lowest BCUT2D eigenvalue weighted by atomic mass is 10.2. The molecule has 0 fully saturated rings. The molecule has 1 rings (SSSR count). The van der Waals surface area contributed by atoms with Crippen LogP contribution in [0.25, 0.3) is 0 Å². The van der Waals surface area contributed by atoms with Crippen molar-refractivity contribution in [2.75, 3.05) is 17.6 Å². The highest BCUT2D eigenvalue weighted by Gasteiger charge is 2.02. The molecule has 0 saturated carbocycles. The van der Waals surface area contributed by atoms with Gasteiger partial charge in [0, 0.05) is 6.54 Å². The van der Waals surface area contributed by atoms with E-state index in [4.69, 9.17) is 5.73 Å². The highest BCUT2D eigenvalue weighted by molar-refractivity contribution is 5.67. The van der Waals surface area contributed by atoms with Gasteiger partial charge in [0.15, 0.2) is 0 Å². The summed E-state index contributed by atoms with van der Waals surface area (Å²) < 4.78 is 13.0. The van der Waals surface area contributed by atoms with Crippen LogP contribution in [-0.2, 0) is 0 Å². The second-order valence-corrected chi connectivity index (χ2v) is 2.86. The predicted octanol–water partition coefficient (Wildman–Crippen LogP) is 2.31. The molecule has 0 aromatic heterocycles. The largest absolute Gasteiger partial charge is 0.397 e. The number of anilines is 2. The number of hydrogen-bond donors (Lipinski definition) is 2. The zero-order chi connectivity index (χ0) is 9.84. The van der Waals surface area contributed by atoms with Crippen molar-refractivity contribution in [3.05, 3.63) is 36.2 Å². The molecule has 0 spiro atoms. The van der Waals surface area contributed by atoms with E-state index in [1.54, 1.807) is 19.1 Å². The van der Waals surface area contributed by atoms with Crippen molar-refractivity contribution in [1.29, 1.82) is 0 Å². The molecule has 3 N–H and O–H groups in total. The van der Waals surface area contributed by atoms with E-state index >= 15 is 0 Å². The van der Waals surface area contributed by atoms with Gasteiger partial charge in [-0.15, -0.1) is 6.58 Å². The molecule has 0 unspecified atom stereocenters. The normalized spacial score (nSPS) is 9.69. The Morgan fingerprint density at radius 3 is 2.92 bits per heavy atom. The number of nitrogen functional groups attached to an aromatic ring is 1. The third-order valence-corrected chi connectivity index (χ3v) is 1.77. The van der Waals surface area contributed by atoms with E-state index in [0.29, 0.717) is 17.8 Å². The number of rotatable bonds is 3. The van der Waals surface area contributed by atoms with Gasteiger partial charge in [-0.2, -0.15) is 0 Å². The average Bonchev–Trinajstić information content (AvgIpc) is 2.09. The van der Waals surface area contributed by atoms with E-state index in [1.807, 2.05) is 0 Å². The summed E-state index contributed by atoms with van der Waals surface area (Å²) in [5, 5.41) is 3.02. The smallest absolute Gasteiger partial charge is 0.128 e. The maximum Gasteiger partial charge on any atom is 0.128 e. The molecular formula is C10H13FN2. The number of aryl methyl sites for hydroxylation is 1. The Kier molecular flexibility index (Phi) is 2.90. The summed E-state index contributed by atoms with van der Waals surface area (Å²) >= 11 is 0. The van der Waals surface area contributed by atoms with Gasteiger partial charge in [0.05, 0.1) is 11.4 Å². The summed E-state index contributed by atoms with van der Waals surface area (Å²) in [5.41, 5.74) is 7.35.